The van der Waals surface area contributed by atoms with Crippen molar-refractivity contribution in [2.75, 3.05) is 5.32 Å². The molecule has 0 aliphatic heterocycles. The Morgan fingerprint density at radius 3 is 2.43 bits per heavy atom. The van der Waals surface area contributed by atoms with Crippen LogP contribution in [0.4, 0.5) is 10.1 Å². The first-order valence-electron chi connectivity index (χ1n) is 6.65. The Bertz CT molecular complexity index is 859. The fraction of sp³-hybridized carbons (Fsp3) is 0. The molecule has 3 rings (SSSR count). The van der Waals surface area contributed by atoms with Crippen molar-refractivity contribution in [1.82, 2.24) is 0 Å². The minimum absolute atomic E-state index is 0.121. The van der Waals surface area contributed by atoms with Gasteiger partial charge in [0.25, 0.3) is 5.91 Å². The number of benzene rings is 2. The Kier molecular flexibility index (Phi) is 4.37. The zero-order chi connectivity index (χ0) is 16.4. The maximum atomic E-state index is 12.9. The second-order valence-corrected chi connectivity index (χ2v) is 5.59. The van der Waals surface area contributed by atoms with E-state index in [2.05, 4.69) is 5.32 Å². The number of anilines is 1. The predicted molar refractivity (Wildman–Crippen MR) is 88.5 cm³/mol. The quantitative estimate of drug-likeness (QED) is 0.664. The summed E-state index contributed by atoms with van der Waals surface area (Å²) in [6, 6.07) is 13.6. The van der Waals surface area contributed by atoms with E-state index in [0.29, 0.717) is 27.1 Å². The van der Waals surface area contributed by atoms with E-state index in [1.807, 2.05) is 0 Å². The summed E-state index contributed by atoms with van der Waals surface area (Å²) in [5.41, 5.74) is 1.11. The fourth-order valence-corrected chi connectivity index (χ4v) is 2.52. The summed E-state index contributed by atoms with van der Waals surface area (Å²) in [4.78, 5) is 12.1. The van der Waals surface area contributed by atoms with Gasteiger partial charge in [0, 0.05) is 16.3 Å². The number of rotatable bonds is 3. The molecule has 0 bridgehead atoms. The molecule has 0 saturated carbocycles. The van der Waals surface area contributed by atoms with Crippen LogP contribution in [-0.4, -0.2) is 5.91 Å². The van der Waals surface area contributed by atoms with Gasteiger partial charge in [-0.05, 0) is 54.6 Å². The van der Waals surface area contributed by atoms with E-state index >= 15 is 0 Å². The molecular formula is C17H10Cl2FNO2. The number of nitrogens with one attached hydrogen (secondary N) is 1. The molecule has 1 amide bonds. The van der Waals surface area contributed by atoms with Crippen LogP contribution in [0.25, 0.3) is 11.3 Å². The average molecular weight is 350 g/mol. The summed E-state index contributed by atoms with van der Waals surface area (Å²) in [7, 11) is 0. The summed E-state index contributed by atoms with van der Waals surface area (Å²) in [6.45, 7) is 0. The van der Waals surface area contributed by atoms with Gasteiger partial charge in [0.1, 0.15) is 11.6 Å². The SMILES string of the molecule is O=C(Nc1ccc(F)cc1)c1ccc(-c2ccc(Cl)cc2Cl)o1. The Labute approximate surface area is 141 Å². The summed E-state index contributed by atoms with van der Waals surface area (Å²) in [6.07, 6.45) is 0. The monoisotopic (exact) mass is 349 g/mol. The molecule has 0 radical (unpaired) electrons. The second kappa shape index (κ2) is 6.44. The van der Waals surface area contributed by atoms with Crippen molar-refractivity contribution in [3.8, 4) is 11.3 Å². The van der Waals surface area contributed by atoms with E-state index < -0.39 is 5.91 Å². The molecule has 1 heterocycles. The zero-order valence-corrected chi connectivity index (χ0v) is 13.2. The van der Waals surface area contributed by atoms with Crippen LogP contribution in [0.5, 0.6) is 0 Å². The maximum absolute atomic E-state index is 12.9. The molecule has 1 aromatic heterocycles. The first-order chi connectivity index (χ1) is 11.0. The molecule has 0 fully saturated rings. The highest BCUT2D eigenvalue weighted by Crippen LogP contribution is 2.31. The van der Waals surface area contributed by atoms with Gasteiger partial charge in [-0.25, -0.2) is 4.39 Å². The van der Waals surface area contributed by atoms with Crippen molar-refractivity contribution in [1.29, 1.82) is 0 Å². The minimum Gasteiger partial charge on any atom is -0.451 e. The molecule has 6 heteroatoms. The second-order valence-electron chi connectivity index (χ2n) is 4.75. The third-order valence-electron chi connectivity index (χ3n) is 3.13. The Morgan fingerprint density at radius 1 is 1.00 bits per heavy atom. The van der Waals surface area contributed by atoms with Gasteiger partial charge < -0.3 is 9.73 Å². The Hall–Kier alpha value is -2.30. The predicted octanol–water partition coefficient (Wildman–Crippen LogP) is 5.64. The van der Waals surface area contributed by atoms with E-state index in [1.54, 1.807) is 30.3 Å². The van der Waals surface area contributed by atoms with Crippen LogP contribution in [0.3, 0.4) is 0 Å². The molecular weight excluding hydrogens is 340 g/mol. The third-order valence-corrected chi connectivity index (χ3v) is 3.68. The molecule has 23 heavy (non-hydrogen) atoms. The van der Waals surface area contributed by atoms with Crippen LogP contribution in [0, 0.1) is 5.82 Å². The molecule has 3 nitrogen and oxygen atoms in total. The first-order valence-corrected chi connectivity index (χ1v) is 7.41. The molecule has 3 aromatic rings. The van der Waals surface area contributed by atoms with Gasteiger partial charge in [-0.2, -0.15) is 0 Å². The van der Waals surface area contributed by atoms with Gasteiger partial charge in [0.15, 0.2) is 5.76 Å². The van der Waals surface area contributed by atoms with E-state index in [9.17, 15) is 9.18 Å². The zero-order valence-electron chi connectivity index (χ0n) is 11.6. The van der Waals surface area contributed by atoms with Gasteiger partial charge in [0.05, 0.1) is 5.02 Å². The summed E-state index contributed by atoms with van der Waals surface area (Å²) < 4.78 is 18.4. The van der Waals surface area contributed by atoms with Crippen LogP contribution in [0.15, 0.2) is 59.0 Å². The van der Waals surface area contributed by atoms with Crippen LogP contribution < -0.4 is 5.32 Å². The number of carbonyl (C=O) groups is 1. The minimum atomic E-state index is -0.437. The number of furan rings is 1. The molecule has 0 aliphatic carbocycles. The number of hydrogen-bond acceptors (Lipinski definition) is 2. The standard InChI is InChI=1S/C17H10Cl2FNO2/c18-10-1-6-13(14(19)9-10)15-7-8-16(23-15)17(22)21-12-4-2-11(20)3-5-12/h1-9H,(H,21,22). The Balaban J connectivity index is 1.81. The lowest BCUT2D eigenvalue weighted by Gasteiger charge is -2.03. The van der Waals surface area contributed by atoms with Crippen LogP contribution in [0.1, 0.15) is 10.6 Å². The first kappa shape index (κ1) is 15.6. The molecule has 0 spiro atoms. The van der Waals surface area contributed by atoms with Gasteiger partial charge >= 0.3 is 0 Å². The van der Waals surface area contributed by atoms with Crippen LogP contribution >= 0.6 is 23.2 Å². The third kappa shape index (κ3) is 3.55. The van der Waals surface area contributed by atoms with E-state index in [-0.39, 0.29) is 11.6 Å². The van der Waals surface area contributed by atoms with Crippen LogP contribution in [0.2, 0.25) is 10.0 Å². The van der Waals surface area contributed by atoms with Crippen molar-refractivity contribution >= 4 is 34.8 Å². The normalized spacial score (nSPS) is 10.6. The molecule has 0 aliphatic rings. The van der Waals surface area contributed by atoms with Crippen molar-refractivity contribution in [3.05, 3.63) is 76.2 Å². The molecule has 0 atom stereocenters. The van der Waals surface area contributed by atoms with E-state index in [4.69, 9.17) is 27.6 Å². The smallest absolute Gasteiger partial charge is 0.291 e. The Morgan fingerprint density at radius 2 is 1.74 bits per heavy atom. The highest BCUT2D eigenvalue weighted by Gasteiger charge is 2.14. The highest BCUT2D eigenvalue weighted by molar-refractivity contribution is 6.36. The number of amides is 1. The number of hydrogen-bond donors (Lipinski definition) is 1. The molecule has 2 aromatic carbocycles. The van der Waals surface area contributed by atoms with Crippen molar-refractivity contribution < 1.29 is 13.6 Å². The van der Waals surface area contributed by atoms with Crippen molar-refractivity contribution in [2.45, 2.75) is 0 Å². The lowest BCUT2D eigenvalue weighted by atomic mass is 10.2. The van der Waals surface area contributed by atoms with Gasteiger partial charge in [-0.3, -0.25) is 4.79 Å². The fourth-order valence-electron chi connectivity index (χ4n) is 2.02. The van der Waals surface area contributed by atoms with E-state index in [1.165, 1.54) is 24.3 Å². The van der Waals surface area contributed by atoms with E-state index in [0.717, 1.165) is 0 Å². The summed E-state index contributed by atoms with van der Waals surface area (Å²) in [5, 5.41) is 3.56. The van der Waals surface area contributed by atoms with Gasteiger partial charge in [-0.15, -0.1) is 0 Å². The number of carbonyl (C=O) groups excluding carboxylic acids is 1. The summed E-state index contributed by atoms with van der Waals surface area (Å²) in [5.74, 6) is -0.236. The summed E-state index contributed by atoms with van der Waals surface area (Å²) >= 11 is 12.0. The molecule has 1 N–H and O–H groups in total. The molecule has 116 valence electrons. The van der Waals surface area contributed by atoms with Crippen LogP contribution in [-0.2, 0) is 0 Å². The van der Waals surface area contributed by atoms with Gasteiger partial charge in [-0.1, -0.05) is 23.2 Å². The average Bonchev–Trinajstić information content (AvgIpc) is 2.99. The molecule has 0 unspecified atom stereocenters. The molecule has 0 saturated heterocycles. The van der Waals surface area contributed by atoms with Gasteiger partial charge in [0.2, 0.25) is 0 Å². The highest BCUT2D eigenvalue weighted by atomic mass is 35.5. The van der Waals surface area contributed by atoms with Crippen molar-refractivity contribution in [2.24, 2.45) is 0 Å². The van der Waals surface area contributed by atoms with Crippen molar-refractivity contribution in [3.63, 3.8) is 0 Å². The lowest BCUT2D eigenvalue weighted by Crippen LogP contribution is -2.10. The maximum Gasteiger partial charge on any atom is 0.291 e. The topological polar surface area (TPSA) is 42.2 Å². The number of halogens is 3. The largest absolute Gasteiger partial charge is 0.451 e. The lowest BCUT2D eigenvalue weighted by molar-refractivity contribution is 0.0997.